The third kappa shape index (κ3) is 3.22. The number of carbonyl (C=O) groups is 1. The van der Waals surface area contributed by atoms with E-state index in [1.54, 1.807) is 19.3 Å². The first kappa shape index (κ1) is 16.1. The Kier molecular flexibility index (Phi) is 4.23. The Morgan fingerprint density at radius 3 is 2.50 bits per heavy atom. The first-order valence-electron chi connectivity index (χ1n) is 8.45. The zero-order chi connectivity index (χ0) is 17.9. The lowest BCUT2D eigenvalue weighted by molar-refractivity contribution is 0.0987. The van der Waals surface area contributed by atoms with Crippen LogP contribution in [-0.4, -0.2) is 20.7 Å². The smallest absolute Gasteiger partial charge is 0.187 e. The van der Waals surface area contributed by atoms with E-state index < -0.39 is 0 Å². The van der Waals surface area contributed by atoms with Gasteiger partial charge < -0.3 is 0 Å². The van der Waals surface area contributed by atoms with E-state index in [4.69, 9.17) is 0 Å². The van der Waals surface area contributed by atoms with Crippen LogP contribution in [0.5, 0.6) is 0 Å². The van der Waals surface area contributed by atoms with Gasteiger partial charge in [0.15, 0.2) is 5.78 Å². The van der Waals surface area contributed by atoms with Crippen molar-refractivity contribution < 1.29 is 4.79 Å². The van der Waals surface area contributed by atoms with Crippen LogP contribution >= 0.6 is 0 Å². The van der Waals surface area contributed by atoms with Gasteiger partial charge in [0.2, 0.25) is 0 Å². The van der Waals surface area contributed by atoms with E-state index in [0.29, 0.717) is 11.4 Å². The minimum atomic E-state index is -0.0316. The van der Waals surface area contributed by atoms with E-state index in [2.05, 4.69) is 33.2 Å². The molecule has 4 rings (SSSR count). The van der Waals surface area contributed by atoms with Crippen LogP contribution in [0.4, 0.5) is 0 Å². The van der Waals surface area contributed by atoms with Crippen molar-refractivity contribution in [3.63, 3.8) is 0 Å². The summed E-state index contributed by atoms with van der Waals surface area (Å²) < 4.78 is 0. The molecule has 0 saturated heterocycles. The van der Waals surface area contributed by atoms with Crippen molar-refractivity contribution in [1.82, 2.24) is 15.0 Å². The quantitative estimate of drug-likeness (QED) is 0.516. The summed E-state index contributed by atoms with van der Waals surface area (Å²) >= 11 is 0. The standard InChI is InChI=1S/C22H17N3O/c1-15-22(24-10-9-23-15)21(26)12-16-7-8-18-13-19(14-25-20(18)11-16)17-5-3-2-4-6-17/h2-11,13-14H,12H2,1H3. The number of hydrogen-bond donors (Lipinski definition) is 0. The predicted molar refractivity (Wildman–Crippen MR) is 102 cm³/mol. The number of hydrogen-bond acceptors (Lipinski definition) is 4. The van der Waals surface area contributed by atoms with Gasteiger partial charge in [-0.1, -0.05) is 42.5 Å². The summed E-state index contributed by atoms with van der Waals surface area (Å²) in [6.45, 7) is 1.80. The fraction of sp³-hybridized carbons (Fsp3) is 0.0909. The van der Waals surface area contributed by atoms with Crippen LogP contribution < -0.4 is 0 Å². The lowest BCUT2D eigenvalue weighted by atomic mass is 10.0. The van der Waals surface area contributed by atoms with Crippen molar-refractivity contribution in [3.05, 3.63) is 90.1 Å². The zero-order valence-corrected chi connectivity index (χ0v) is 14.4. The van der Waals surface area contributed by atoms with E-state index in [1.807, 2.05) is 42.6 Å². The number of aryl methyl sites for hydroxylation is 1. The van der Waals surface area contributed by atoms with Crippen molar-refractivity contribution in [2.75, 3.05) is 0 Å². The van der Waals surface area contributed by atoms with Crippen LogP contribution in [0.1, 0.15) is 21.7 Å². The average Bonchev–Trinajstić information content (AvgIpc) is 2.68. The predicted octanol–water partition coefficient (Wildman–Crippen LogP) is 4.43. The van der Waals surface area contributed by atoms with Crippen molar-refractivity contribution in [2.45, 2.75) is 13.3 Å². The van der Waals surface area contributed by atoms with Gasteiger partial charge in [-0.25, -0.2) is 4.98 Å². The molecular formula is C22H17N3O. The molecule has 4 nitrogen and oxygen atoms in total. The molecule has 0 saturated carbocycles. The number of fused-ring (bicyclic) bond motifs is 1. The highest BCUT2D eigenvalue weighted by atomic mass is 16.1. The Balaban J connectivity index is 1.62. The van der Waals surface area contributed by atoms with Crippen molar-refractivity contribution in [1.29, 1.82) is 0 Å². The molecular weight excluding hydrogens is 322 g/mol. The van der Waals surface area contributed by atoms with Gasteiger partial charge in [-0.2, -0.15) is 0 Å². The van der Waals surface area contributed by atoms with E-state index in [1.165, 1.54) is 0 Å². The largest absolute Gasteiger partial charge is 0.292 e. The molecule has 26 heavy (non-hydrogen) atoms. The molecule has 0 bridgehead atoms. The molecule has 0 unspecified atom stereocenters. The minimum Gasteiger partial charge on any atom is -0.292 e. The normalized spacial score (nSPS) is 10.8. The van der Waals surface area contributed by atoms with Crippen LogP contribution in [0.2, 0.25) is 0 Å². The van der Waals surface area contributed by atoms with Gasteiger partial charge in [0.1, 0.15) is 5.69 Å². The second-order valence-corrected chi connectivity index (χ2v) is 6.21. The van der Waals surface area contributed by atoms with Gasteiger partial charge in [0.05, 0.1) is 11.2 Å². The average molecular weight is 339 g/mol. The van der Waals surface area contributed by atoms with Crippen molar-refractivity contribution in [3.8, 4) is 11.1 Å². The molecule has 4 aromatic rings. The summed E-state index contributed by atoms with van der Waals surface area (Å²) in [4.78, 5) is 25.4. The summed E-state index contributed by atoms with van der Waals surface area (Å²) in [5.41, 5.74) is 5.11. The van der Waals surface area contributed by atoms with Crippen molar-refractivity contribution in [2.24, 2.45) is 0 Å². The summed E-state index contributed by atoms with van der Waals surface area (Å²) in [7, 11) is 0. The molecule has 2 aromatic heterocycles. The van der Waals surface area contributed by atoms with Crippen LogP contribution in [0.25, 0.3) is 22.0 Å². The molecule has 0 atom stereocenters. The second-order valence-electron chi connectivity index (χ2n) is 6.21. The molecule has 0 aliphatic heterocycles. The molecule has 0 spiro atoms. The van der Waals surface area contributed by atoms with Gasteiger partial charge >= 0.3 is 0 Å². The monoisotopic (exact) mass is 339 g/mol. The van der Waals surface area contributed by atoms with Crippen LogP contribution in [-0.2, 0) is 6.42 Å². The Labute approximate surface area is 151 Å². The highest BCUT2D eigenvalue weighted by molar-refractivity contribution is 5.97. The van der Waals surface area contributed by atoms with Crippen molar-refractivity contribution >= 4 is 16.7 Å². The topological polar surface area (TPSA) is 55.7 Å². The fourth-order valence-electron chi connectivity index (χ4n) is 3.02. The number of rotatable bonds is 4. The molecule has 0 aliphatic carbocycles. The van der Waals surface area contributed by atoms with Crippen LogP contribution in [0.3, 0.4) is 0 Å². The Hall–Kier alpha value is -3.40. The number of ketones is 1. The first-order chi connectivity index (χ1) is 12.7. The molecule has 0 radical (unpaired) electrons. The maximum atomic E-state index is 12.5. The number of Topliss-reactive ketones (excluding diaryl/α,β-unsaturated/α-hetero) is 1. The molecule has 4 heteroatoms. The minimum absolute atomic E-state index is 0.0316. The molecule has 0 fully saturated rings. The Morgan fingerprint density at radius 1 is 0.885 bits per heavy atom. The maximum Gasteiger partial charge on any atom is 0.187 e. The highest BCUT2D eigenvalue weighted by Gasteiger charge is 2.12. The molecule has 2 heterocycles. The highest BCUT2D eigenvalue weighted by Crippen LogP contribution is 2.23. The Bertz CT molecular complexity index is 1090. The molecule has 0 amide bonds. The Morgan fingerprint density at radius 2 is 1.69 bits per heavy atom. The number of aromatic nitrogens is 3. The van der Waals surface area contributed by atoms with Gasteiger partial charge in [0.25, 0.3) is 0 Å². The van der Waals surface area contributed by atoms with E-state index >= 15 is 0 Å². The second kappa shape index (κ2) is 6.84. The maximum absolute atomic E-state index is 12.5. The lowest BCUT2D eigenvalue weighted by Crippen LogP contribution is -2.09. The number of benzene rings is 2. The van der Waals surface area contributed by atoms with E-state index in [9.17, 15) is 4.79 Å². The van der Waals surface area contributed by atoms with Gasteiger partial charge in [-0.3, -0.25) is 14.8 Å². The molecule has 0 aliphatic rings. The molecule has 126 valence electrons. The SMILES string of the molecule is Cc1nccnc1C(=O)Cc1ccc2cc(-c3ccccc3)cnc2c1. The van der Waals surface area contributed by atoms with Crippen LogP contribution in [0, 0.1) is 6.92 Å². The van der Waals surface area contributed by atoms with Gasteiger partial charge in [-0.15, -0.1) is 0 Å². The summed E-state index contributed by atoms with van der Waals surface area (Å²) in [5.74, 6) is -0.0316. The lowest BCUT2D eigenvalue weighted by Gasteiger charge is -2.06. The third-order valence-electron chi connectivity index (χ3n) is 4.37. The molecule has 0 N–H and O–H groups in total. The number of nitrogens with zero attached hydrogens (tertiary/aromatic N) is 3. The van der Waals surface area contributed by atoms with E-state index in [0.717, 1.165) is 27.6 Å². The van der Waals surface area contributed by atoms with Crippen LogP contribution in [0.15, 0.2) is 73.2 Å². The van der Waals surface area contributed by atoms with Gasteiger partial charge in [0, 0.05) is 36.0 Å². The zero-order valence-electron chi connectivity index (χ0n) is 14.4. The summed E-state index contributed by atoms with van der Waals surface area (Å²) in [6, 6.07) is 18.2. The third-order valence-corrected chi connectivity index (χ3v) is 4.37. The van der Waals surface area contributed by atoms with E-state index in [-0.39, 0.29) is 12.2 Å². The number of carbonyl (C=O) groups excluding carboxylic acids is 1. The first-order valence-corrected chi connectivity index (χ1v) is 8.45. The van der Waals surface area contributed by atoms with Gasteiger partial charge in [-0.05, 0) is 30.2 Å². The number of pyridine rings is 1. The molecule has 2 aromatic carbocycles. The summed E-state index contributed by atoms with van der Waals surface area (Å²) in [5, 5.41) is 1.05. The fourth-order valence-corrected chi connectivity index (χ4v) is 3.02. The summed E-state index contributed by atoms with van der Waals surface area (Å²) in [6.07, 6.45) is 5.30.